The third kappa shape index (κ3) is 4.61. The number of methoxy groups -OCH3 is 2. The molecule has 0 unspecified atom stereocenters. The van der Waals surface area contributed by atoms with Crippen LogP contribution in [-0.4, -0.2) is 44.9 Å². The van der Waals surface area contributed by atoms with Crippen LogP contribution >= 0.6 is 0 Å². The summed E-state index contributed by atoms with van der Waals surface area (Å²) in [4.78, 5) is 12.4. The molecule has 26 heavy (non-hydrogen) atoms. The number of benzene rings is 1. The lowest BCUT2D eigenvalue weighted by molar-refractivity contribution is -0.124. The monoisotopic (exact) mass is 362 g/mol. The van der Waals surface area contributed by atoms with Crippen molar-refractivity contribution in [2.24, 2.45) is 0 Å². The third-order valence-corrected chi connectivity index (χ3v) is 5.31. The summed E-state index contributed by atoms with van der Waals surface area (Å²) in [6.07, 6.45) is 7.10. The highest BCUT2D eigenvalue weighted by atomic mass is 16.5. The molecule has 1 heterocycles. The highest BCUT2D eigenvalue weighted by Gasteiger charge is 2.27. The molecular formula is C20H30N2O4. The van der Waals surface area contributed by atoms with E-state index in [1.807, 2.05) is 18.2 Å². The third-order valence-electron chi connectivity index (χ3n) is 5.31. The van der Waals surface area contributed by atoms with Crippen molar-refractivity contribution in [3.05, 3.63) is 18.2 Å². The number of carbonyl (C=O) groups excluding carboxylic acids is 1. The van der Waals surface area contributed by atoms with E-state index in [2.05, 4.69) is 10.6 Å². The fraction of sp³-hybridized carbons (Fsp3) is 0.650. The molecule has 3 rings (SSSR count). The summed E-state index contributed by atoms with van der Waals surface area (Å²) in [6, 6.07) is 5.90. The summed E-state index contributed by atoms with van der Waals surface area (Å²) >= 11 is 0. The molecule has 1 aromatic rings. The number of carbonyl (C=O) groups is 1. The number of nitrogens with one attached hydrogen (secondary N) is 2. The molecule has 1 saturated carbocycles. The van der Waals surface area contributed by atoms with E-state index in [0.717, 1.165) is 45.1 Å². The van der Waals surface area contributed by atoms with Crippen molar-refractivity contribution in [1.29, 1.82) is 0 Å². The summed E-state index contributed by atoms with van der Waals surface area (Å²) in [6.45, 7) is 0.945. The van der Waals surface area contributed by atoms with Crippen molar-refractivity contribution in [1.82, 2.24) is 10.6 Å². The fourth-order valence-corrected chi connectivity index (χ4v) is 3.83. The quantitative estimate of drug-likeness (QED) is 0.814. The van der Waals surface area contributed by atoms with E-state index in [1.54, 1.807) is 14.2 Å². The minimum absolute atomic E-state index is 0.0150. The van der Waals surface area contributed by atoms with Crippen molar-refractivity contribution < 1.29 is 19.0 Å². The highest BCUT2D eigenvalue weighted by molar-refractivity contribution is 5.82. The average Bonchev–Trinajstić information content (AvgIpc) is 2.69. The lowest BCUT2D eigenvalue weighted by Gasteiger charge is -2.31. The number of amides is 1. The topological polar surface area (TPSA) is 68.8 Å². The number of piperidine rings is 1. The summed E-state index contributed by atoms with van der Waals surface area (Å²) < 4.78 is 16.9. The molecule has 2 fully saturated rings. The second-order valence-electron chi connectivity index (χ2n) is 7.09. The zero-order valence-corrected chi connectivity index (χ0v) is 15.8. The van der Waals surface area contributed by atoms with Gasteiger partial charge in [-0.05, 0) is 57.2 Å². The minimum Gasteiger partial charge on any atom is -0.493 e. The summed E-state index contributed by atoms with van der Waals surface area (Å²) in [7, 11) is 3.24. The minimum atomic E-state index is -0.0150. The van der Waals surface area contributed by atoms with Gasteiger partial charge in [-0.3, -0.25) is 4.79 Å². The Labute approximate surface area is 155 Å². The molecule has 0 radical (unpaired) electrons. The molecule has 1 amide bonds. The molecule has 1 aliphatic heterocycles. The molecule has 1 aliphatic carbocycles. The van der Waals surface area contributed by atoms with Crippen molar-refractivity contribution in [2.45, 2.75) is 63.1 Å². The van der Waals surface area contributed by atoms with Gasteiger partial charge in [0.1, 0.15) is 0 Å². The molecule has 1 atom stereocenters. The van der Waals surface area contributed by atoms with Gasteiger partial charge in [0.15, 0.2) is 11.5 Å². The van der Waals surface area contributed by atoms with Crippen LogP contribution in [0.15, 0.2) is 18.2 Å². The average molecular weight is 362 g/mol. The Balaban J connectivity index is 1.49. The maximum absolute atomic E-state index is 12.4. The van der Waals surface area contributed by atoms with E-state index in [1.165, 1.54) is 6.42 Å². The molecule has 2 N–H and O–H groups in total. The SMILES string of the molecule is COc1cccc(OC2CCC(NC(=O)[C@@H]3CCCCN3)CC2)c1OC. The largest absolute Gasteiger partial charge is 0.493 e. The van der Waals surface area contributed by atoms with Crippen LogP contribution in [0.3, 0.4) is 0 Å². The standard InChI is InChI=1S/C20H30N2O4/c1-24-17-7-5-8-18(19(17)25-2)26-15-11-9-14(10-12-15)22-20(23)16-6-3-4-13-21-16/h5,7-8,14-16,21H,3-4,6,9-13H2,1-2H3,(H,22,23)/t14?,15?,16-/m0/s1. The first-order valence-corrected chi connectivity index (χ1v) is 9.62. The van der Waals surface area contributed by atoms with Crippen LogP contribution in [-0.2, 0) is 4.79 Å². The predicted molar refractivity (Wildman–Crippen MR) is 100 cm³/mol. The molecule has 0 aromatic heterocycles. The van der Waals surface area contributed by atoms with Crippen molar-refractivity contribution in [2.75, 3.05) is 20.8 Å². The predicted octanol–water partition coefficient (Wildman–Crippen LogP) is 2.65. The number of rotatable bonds is 6. The normalized spacial score (nSPS) is 26.0. The van der Waals surface area contributed by atoms with Gasteiger partial charge >= 0.3 is 0 Å². The van der Waals surface area contributed by atoms with Gasteiger partial charge in [0, 0.05) is 6.04 Å². The van der Waals surface area contributed by atoms with Crippen LogP contribution in [0.1, 0.15) is 44.9 Å². The Bertz CT molecular complexity index is 593. The molecule has 1 saturated heterocycles. The summed E-state index contributed by atoms with van der Waals surface area (Å²) in [5, 5.41) is 6.52. The molecule has 0 bridgehead atoms. The van der Waals surface area contributed by atoms with Gasteiger partial charge in [-0.25, -0.2) is 0 Å². The van der Waals surface area contributed by atoms with Gasteiger partial charge < -0.3 is 24.8 Å². The lowest BCUT2D eigenvalue weighted by Crippen LogP contribution is -2.50. The van der Waals surface area contributed by atoms with Crippen LogP contribution in [0.5, 0.6) is 17.2 Å². The molecule has 6 nitrogen and oxygen atoms in total. The van der Waals surface area contributed by atoms with Gasteiger partial charge in [0.2, 0.25) is 11.7 Å². The second kappa shape index (κ2) is 9.12. The van der Waals surface area contributed by atoms with Crippen molar-refractivity contribution in [3.63, 3.8) is 0 Å². The van der Waals surface area contributed by atoms with Gasteiger partial charge in [-0.1, -0.05) is 12.5 Å². The van der Waals surface area contributed by atoms with Gasteiger partial charge in [0.25, 0.3) is 0 Å². The van der Waals surface area contributed by atoms with Crippen molar-refractivity contribution in [3.8, 4) is 17.2 Å². The van der Waals surface area contributed by atoms with E-state index in [0.29, 0.717) is 17.2 Å². The van der Waals surface area contributed by atoms with Crippen LogP contribution in [0.4, 0.5) is 0 Å². The van der Waals surface area contributed by atoms with E-state index in [4.69, 9.17) is 14.2 Å². The maximum atomic E-state index is 12.4. The first-order chi connectivity index (χ1) is 12.7. The van der Waals surface area contributed by atoms with Gasteiger partial charge in [-0.15, -0.1) is 0 Å². The smallest absolute Gasteiger partial charge is 0.237 e. The number of para-hydroxylation sites is 1. The Morgan fingerprint density at radius 2 is 1.81 bits per heavy atom. The second-order valence-corrected chi connectivity index (χ2v) is 7.09. The number of ether oxygens (including phenoxy) is 3. The zero-order chi connectivity index (χ0) is 18.4. The maximum Gasteiger partial charge on any atom is 0.237 e. The first-order valence-electron chi connectivity index (χ1n) is 9.62. The van der Waals surface area contributed by atoms with E-state index >= 15 is 0 Å². The Hall–Kier alpha value is -1.95. The molecule has 2 aliphatic rings. The Morgan fingerprint density at radius 1 is 1.04 bits per heavy atom. The van der Waals surface area contributed by atoms with Gasteiger partial charge in [-0.2, -0.15) is 0 Å². The molecular weight excluding hydrogens is 332 g/mol. The van der Waals surface area contributed by atoms with Crippen molar-refractivity contribution >= 4 is 5.91 Å². The zero-order valence-electron chi connectivity index (χ0n) is 15.8. The highest BCUT2D eigenvalue weighted by Crippen LogP contribution is 2.38. The first kappa shape index (κ1) is 18.8. The molecule has 0 spiro atoms. The molecule has 144 valence electrons. The Morgan fingerprint density at radius 3 is 2.46 bits per heavy atom. The van der Waals surface area contributed by atoms with Crippen LogP contribution in [0.25, 0.3) is 0 Å². The van der Waals surface area contributed by atoms with Crippen LogP contribution in [0.2, 0.25) is 0 Å². The Kier molecular flexibility index (Phi) is 6.61. The van der Waals surface area contributed by atoms with Crippen LogP contribution < -0.4 is 24.8 Å². The summed E-state index contributed by atoms with van der Waals surface area (Å²) in [5.74, 6) is 2.18. The molecule has 6 heteroatoms. The van der Waals surface area contributed by atoms with Crippen LogP contribution in [0, 0.1) is 0 Å². The summed E-state index contributed by atoms with van der Waals surface area (Å²) in [5.41, 5.74) is 0. The fourth-order valence-electron chi connectivity index (χ4n) is 3.83. The number of hydrogen-bond acceptors (Lipinski definition) is 5. The number of hydrogen-bond donors (Lipinski definition) is 2. The van der Waals surface area contributed by atoms with E-state index in [-0.39, 0.29) is 24.1 Å². The molecule has 1 aromatic carbocycles. The van der Waals surface area contributed by atoms with Gasteiger partial charge in [0.05, 0.1) is 26.4 Å². The lowest BCUT2D eigenvalue weighted by atomic mass is 9.92. The van der Waals surface area contributed by atoms with E-state index in [9.17, 15) is 4.79 Å². The van der Waals surface area contributed by atoms with E-state index < -0.39 is 0 Å².